The van der Waals surface area contributed by atoms with Crippen LogP contribution in [0.2, 0.25) is 0 Å². The van der Waals surface area contributed by atoms with Crippen LogP contribution in [0.5, 0.6) is 0 Å². The average Bonchev–Trinajstić information content (AvgIpc) is 2.92. The van der Waals surface area contributed by atoms with Crippen LogP contribution in [0.3, 0.4) is 0 Å². The Balaban J connectivity index is 1.97. The van der Waals surface area contributed by atoms with E-state index in [1.807, 2.05) is 30.3 Å². The van der Waals surface area contributed by atoms with Crippen molar-refractivity contribution in [3.05, 3.63) is 76.8 Å². The van der Waals surface area contributed by atoms with E-state index in [4.69, 9.17) is 0 Å². The van der Waals surface area contributed by atoms with Gasteiger partial charge in [0.2, 0.25) is 0 Å². The molecule has 4 rings (SSSR count). The lowest BCUT2D eigenvalue weighted by molar-refractivity contribution is -0.384. The second-order valence-electron chi connectivity index (χ2n) is 5.08. The fraction of sp³-hybridized carbons (Fsp3) is 0. The Labute approximate surface area is 130 Å². The molecule has 0 unspecified atom stereocenters. The van der Waals surface area contributed by atoms with E-state index in [-0.39, 0.29) is 10.6 Å². The summed E-state index contributed by atoms with van der Waals surface area (Å²) < 4.78 is 2.38. The van der Waals surface area contributed by atoms with Crippen molar-refractivity contribution in [2.75, 3.05) is 0 Å². The maximum Gasteiger partial charge on any atom is 0.277 e. The molecule has 0 fully saturated rings. The molecule has 0 bridgehead atoms. The summed E-state index contributed by atoms with van der Waals surface area (Å²) in [5, 5.41) is 13.6. The van der Waals surface area contributed by atoms with Crippen LogP contribution >= 0.6 is 11.3 Å². The van der Waals surface area contributed by atoms with Gasteiger partial charge in [-0.15, -0.1) is 11.3 Å². The van der Waals surface area contributed by atoms with E-state index in [1.54, 1.807) is 29.5 Å². The quantitative estimate of drug-likeness (QED) is 0.356. The summed E-state index contributed by atoms with van der Waals surface area (Å²) in [5.74, 6) is 0. The summed E-state index contributed by atoms with van der Waals surface area (Å²) in [5.41, 5.74) is 1.68. The van der Waals surface area contributed by atoms with E-state index >= 15 is 0 Å². The monoisotopic (exact) mass is 305 g/mol. The van der Waals surface area contributed by atoms with E-state index < -0.39 is 0 Å². The van der Waals surface area contributed by atoms with Crippen LogP contribution in [0.15, 0.2) is 66.7 Å². The van der Waals surface area contributed by atoms with E-state index in [0.29, 0.717) is 5.56 Å². The number of hydrogen-bond acceptors (Lipinski definition) is 3. The molecule has 1 aromatic heterocycles. The van der Waals surface area contributed by atoms with Gasteiger partial charge in [-0.3, -0.25) is 10.1 Å². The summed E-state index contributed by atoms with van der Waals surface area (Å²) in [4.78, 5) is 10.9. The molecule has 0 N–H and O–H groups in total. The molecule has 1 heterocycles. The van der Waals surface area contributed by atoms with Crippen molar-refractivity contribution in [1.82, 2.24) is 0 Å². The third-order valence-corrected chi connectivity index (χ3v) is 4.92. The highest BCUT2D eigenvalue weighted by Crippen LogP contribution is 2.37. The van der Waals surface area contributed by atoms with Crippen LogP contribution in [0, 0.1) is 10.1 Å². The zero-order valence-corrected chi connectivity index (χ0v) is 12.3. The highest BCUT2D eigenvalue weighted by Gasteiger charge is 2.15. The predicted octanol–water partition coefficient (Wildman–Crippen LogP) is 5.63. The molecule has 4 heteroatoms. The second-order valence-corrected chi connectivity index (χ2v) is 6.17. The number of para-hydroxylation sites is 1. The molecule has 0 radical (unpaired) electrons. The largest absolute Gasteiger partial charge is 0.277 e. The molecular weight excluding hydrogens is 294 g/mol. The van der Waals surface area contributed by atoms with Gasteiger partial charge in [-0.05, 0) is 23.8 Å². The summed E-state index contributed by atoms with van der Waals surface area (Å²) in [6, 6.07) is 21.2. The fourth-order valence-corrected chi connectivity index (χ4v) is 3.92. The zero-order valence-electron chi connectivity index (χ0n) is 11.5. The van der Waals surface area contributed by atoms with E-state index in [2.05, 4.69) is 18.2 Å². The molecule has 0 saturated carbocycles. The van der Waals surface area contributed by atoms with Crippen LogP contribution in [0.4, 0.5) is 5.69 Å². The third-order valence-electron chi connectivity index (χ3n) is 3.79. The summed E-state index contributed by atoms with van der Waals surface area (Å²) in [6.45, 7) is 0. The van der Waals surface area contributed by atoms with E-state index in [9.17, 15) is 10.1 Å². The molecule has 0 spiro atoms. The van der Waals surface area contributed by atoms with Gasteiger partial charge in [-0.25, -0.2) is 0 Å². The molecule has 106 valence electrons. The normalized spacial score (nSPS) is 11.1. The van der Waals surface area contributed by atoms with Gasteiger partial charge >= 0.3 is 0 Å². The van der Waals surface area contributed by atoms with E-state index in [0.717, 1.165) is 10.3 Å². The number of benzene rings is 3. The van der Waals surface area contributed by atoms with Gasteiger partial charge in [-0.1, -0.05) is 42.5 Å². The molecule has 0 aliphatic heterocycles. The first-order chi connectivity index (χ1) is 10.7. The lowest BCUT2D eigenvalue weighted by atomic mass is 10.0. The minimum Gasteiger partial charge on any atom is -0.258 e. The van der Waals surface area contributed by atoms with Crippen molar-refractivity contribution in [3.8, 4) is 11.1 Å². The maximum absolute atomic E-state index is 11.2. The number of nitro benzene ring substituents is 1. The van der Waals surface area contributed by atoms with Crippen molar-refractivity contribution in [3.63, 3.8) is 0 Å². The molecule has 4 aromatic rings. The van der Waals surface area contributed by atoms with Gasteiger partial charge in [0.25, 0.3) is 5.69 Å². The van der Waals surface area contributed by atoms with Crippen LogP contribution in [0.25, 0.3) is 31.3 Å². The van der Waals surface area contributed by atoms with E-state index in [1.165, 1.54) is 15.5 Å². The predicted molar refractivity (Wildman–Crippen MR) is 91.4 cm³/mol. The fourth-order valence-electron chi connectivity index (χ4n) is 2.77. The number of fused-ring (bicyclic) bond motifs is 3. The number of hydrogen-bond donors (Lipinski definition) is 0. The molecule has 0 aliphatic carbocycles. The van der Waals surface area contributed by atoms with Crippen molar-refractivity contribution >= 4 is 37.2 Å². The minimum absolute atomic E-state index is 0.142. The Morgan fingerprint density at radius 3 is 2.41 bits per heavy atom. The Morgan fingerprint density at radius 2 is 1.55 bits per heavy atom. The maximum atomic E-state index is 11.2. The number of nitrogens with zero attached hydrogens (tertiary/aromatic N) is 1. The third kappa shape index (κ3) is 1.96. The van der Waals surface area contributed by atoms with Gasteiger partial charge in [-0.2, -0.15) is 0 Å². The first-order valence-electron chi connectivity index (χ1n) is 6.89. The molecule has 3 nitrogen and oxygen atoms in total. The van der Waals surface area contributed by atoms with Gasteiger partial charge in [0.05, 0.1) is 10.5 Å². The highest BCUT2D eigenvalue weighted by molar-refractivity contribution is 7.25. The van der Waals surface area contributed by atoms with Gasteiger partial charge in [0, 0.05) is 26.2 Å². The number of rotatable bonds is 2. The van der Waals surface area contributed by atoms with Crippen LogP contribution in [-0.4, -0.2) is 4.92 Å². The van der Waals surface area contributed by atoms with Gasteiger partial charge in [0.1, 0.15) is 0 Å². The molecule has 0 amide bonds. The number of thiophene rings is 1. The van der Waals surface area contributed by atoms with Crippen LogP contribution in [0.1, 0.15) is 0 Å². The molecular formula is C18H11NO2S. The smallest absolute Gasteiger partial charge is 0.258 e. The summed E-state index contributed by atoms with van der Waals surface area (Å²) in [6.07, 6.45) is 0. The minimum atomic E-state index is -0.329. The van der Waals surface area contributed by atoms with Crippen LogP contribution in [-0.2, 0) is 0 Å². The molecule has 0 atom stereocenters. The Morgan fingerprint density at radius 1 is 0.818 bits per heavy atom. The standard InChI is InChI=1S/C18H11NO2S/c20-19(21)16-7-3-1-5-13(16)12-9-10-15-14-6-2-4-8-17(14)22-18(15)11-12/h1-11H. The summed E-state index contributed by atoms with van der Waals surface area (Å²) >= 11 is 1.71. The zero-order chi connectivity index (χ0) is 15.1. The first-order valence-corrected chi connectivity index (χ1v) is 7.71. The van der Waals surface area contributed by atoms with Crippen molar-refractivity contribution in [1.29, 1.82) is 0 Å². The molecule has 0 aliphatic rings. The molecule has 22 heavy (non-hydrogen) atoms. The average molecular weight is 305 g/mol. The van der Waals surface area contributed by atoms with Crippen molar-refractivity contribution in [2.24, 2.45) is 0 Å². The lowest BCUT2D eigenvalue weighted by Gasteiger charge is -2.03. The summed E-state index contributed by atoms with van der Waals surface area (Å²) in [7, 11) is 0. The lowest BCUT2D eigenvalue weighted by Crippen LogP contribution is -1.91. The van der Waals surface area contributed by atoms with Gasteiger partial charge in [0.15, 0.2) is 0 Å². The Kier molecular flexibility index (Phi) is 2.91. The topological polar surface area (TPSA) is 43.1 Å². The Hall–Kier alpha value is -2.72. The molecule has 3 aromatic carbocycles. The second kappa shape index (κ2) is 4.93. The number of nitro groups is 1. The molecule has 0 saturated heterocycles. The van der Waals surface area contributed by atoms with Gasteiger partial charge < -0.3 is 0 Å². The SMILES string of the molecule is O=[N+]([O-])c1ccccc1-c1ccc2c(c1)sc1ccccc12. The Bertz CT molecular complexity index is 1020. The van der Waals surface area contributed by atoms with Crippen LogP contribution < -0.4 is 0 Å². The van der Waals surface area contributed by atoms with Crippen molar-refractivity contribution in [2.45, 2.75) is 0 Å². The highest BCUT2D eigenvalue weighted by atomic mass is 32.1. The van der Waals surface area contributed by atoms with Crippen molar-refractivity contribution < 1.29 is 4.92 Å². The first kappa shape index (κ1) is 13.0.